The van der Waals surface area contributed by atoms with Gasteiger partial charge < -0.3 is 15.4 Å². The molecule has 0 aliphatic rings. The molecule has 4 rings (SSSR count). The van der Waals surface area contributed by atoms with E-state index in [1.54, 1.807) is 19.4 Å². The molecule has 0 aliphatic heterocycles. The van der Waals surface area contributed by atoms with E-state index in [-0.39, 0.29) is 6.03 Å². The number of halogens is 2. The van der Waals surface area contributed by atoms with Gasteiger partial charge in [-0.05, 0) is 62.6 Å². The molecule has 45 heavy (non-hydrogen) atoms. The molecule has 7 nitrogen and oxygen atoms in total. The van der Waals surface area contributed by atoms with Crippen LogP contribution in [0.5, 0.6) is 5.88 Å². The molecule has 1 atom stereocenters. The zero-order chi connectivity index (χ0) is 34.2. The average Bonchev–Trinajstić information content (AvgIpc) is 3.46. The van der Waals surface area contributed by atoms with Crippen molar-refractivity contribution >= 4 is 20.9 Å². The van der Waals surface area contributed by atoms with Gasteiger partial charge in [0.05, 0.1) is 19.0 Å². The molecule has 0 saturated carbocycles. The number of pyridine rings is 2. The third kappa shape index (κ3) is 16.3. The van der Waals surface area contributed by atoms with E-state index in [1.807, 2.05) is 102 Å². The quantitative estimate of drug-likeness (QED) is 0.156. The van der Waals surface area contributed by atoms with Crippen molar-refractivity contribution in [1.29, 1.82) is 0 Å². The Hall–Kier alpha value is -4.36. The number of methoxy groups -OCH3 is 1. The van der Waals surface area contributed by atoms with Crippen LogP contribution in [0.25, 0.3) is 16.9 Å². The normalized spacial score (nSPS) is 9.49. The predicted molar refractivity (Wildman–Crippen MR) is 188 cm³/mol. The second-order valence-corrected chi connectivity index (χ2v) is 9.19. The van der Waals surface area contributed by atoms with Gasteiger partial charge in [0.1, 0.15) is 5.65 Å². The highest BCUT2D eigenvalue weighted by atomic mass is 31.0. The Morgan fingerprint density at radius 2 is 1.64 bits per heavy atom. The molecule has 2 amide bonds. The first-order valence-corrected chi connectivity index (χ1v) is 15.6. The Balaban J connectivity index is 0.00000100. The van der Waals surface area contributed by atoms with Crippen LogP contribution in [0.1, 0.15) is 44.4 Å². The molecule has 2 N–H and O–H groups in total. The van der Waals surface area contributed by atoms with Gasteiger partial charge in [-0.2, -0.15) is 0 Å². The van der Waals surface area contributed by atoms with Crippen LogP contribution in [0, 0.1) is 13.8 Å². The lowest BCUT2D eigenvalue weighted by Crippen LogP contribution is -2.33. The second kappa shape index (κ2) is 24.0. The summed E-state index contributed by atoms with van der Waals surface area (Å²) in [6.45, 7) is 16.5. The van der Waals surface area contributed by atoms with Crippen LogP contribution in [0.3, 0.4) is 0 Å². The highest BCUT2D eigenvalue weighted by Gasteiger charge is 2.07. The van der Waals surface area contributed by atoms with Crippen molar-refractivity contribution in [2.24, 2.45) is 0 Å². The molecule has 4 aromatic rings. The van der Waals surface area contributed by atoms with Crippen molar-refractivity contribution in [2.45, 2.75) is 48.1 Å². The summed E-state index contributed by atoms with van der Waals surface area (Å²) >= 11 is 0. The maximum Gasteiger partial charge on any atom is 0.319 e. The monoisotopic (exact) mass is 639 g/mol. The number of allylic oxidation sites excluding steroid dienone is 4. The minimum atomic E-state index is -1.75. The molecule has 10 heteroatoms. The molecular weight excluding hydrogens is 591 g/mol. The summed E-state index contributed by atoms with van der Waals surface area (Å²) in [4.78, 5) is 20.5. The van der Waals surface area contributed by atoms with Gasteiger partial charge in [-0.15, -0.1) is 9.24 Å². The largest absolute Gasteiger partial charge is 0.481 e. The number of ether oxygens (including phenoxy) is 1. The first-order chi connectivity index (χ1) is 21.7. The number of aromatic nitrogens is 3. The third-order valence-corrected chi connectivity index (χ3v) is 5.47. The van der Waals surface area contributed by atoms with Crippen molar-refractivity contribution < 1.29 is 18.3 Å². The lowest BCUT2D eigenvalue weighted by molar-refractivity contribution is 0.243. The van der Waals surface area contributed by atoms with Crippen LogP contribution in [0.4, 0.5) is 13.6 Å². The second-order valence-electron chi connectivity index (χ2n) is 9.19. The smallest absolute Gasteiger partial charge is 0.319 e. The number of hydrogen-bond donors (Lipinski definition) is 2. The number of amides is 2. The number of nitrogens with zero attached hydrogens (tertiary/aromatic N) is 3. The molecule has 3 aromatic heterocycles. The molecule has 1 unspecified atom stereocenters. The average molecular weight is 640 g/mol. The maximum atomic E-state index is 12.0. The summed E-state index contributed by atoms with van der Waals surface area (Å²) in [5, 5.41) is 5.55. The summed E-state index contributed by atoms with van der Waals surface area (Å²) in [6.07, 6.45) is 11.3. The number of carbonyl (C=O) groups excluding carboxylic acids is 1. The van der Waals surface area contributed by atoms with Crippen LogP contribution in [0.2, 0.25) is 0 Å². The van der Waals surface area contributed by atoms with E-state index in [0.29, 0.717) is 18.1 Å². The summed E-state index contributed by atoms with van der Waals surface area (Å²) in [5.41, 5.74) is 8.11. The zero-order valence-electron chi connectivity index (χ0n) is 27.7. The molecule has 3 heterocycles. The Morgan fingerprint density at radius 3 is 2.20 bits per heavy atom. The number of alkyl halides is 2. The number of imidazole rings is 1. The number of nitrogens with one attached hydrogen (secondary N) is 2. The minimum Gasteiger partial charge on any atom is -0.481 e. The number of aryl methyl sites for hydroxylation is 2. The summed E-state index contributed by atoms with van der Waals surface area (Å²) in [5.74, 6) is 0.667. The van der Waals surface area contributed by atoms with Gasteiger partial charge in [-0.25, -0.2) is 23.5 Å². The third-order valence-electron chi connectivity index (χ3n) is 5.47. The highest BCUT2D eigenvalue weighted by molar-refractivity contribution is 7.15. The Morgan fingerprint density at radius 1 is 1.00 bits per heavy atom. The van der Waals surface area contributed by atoms with Crippen molar-refractivity contribution in [3.8, 4) is 17.1 Å². The lowest BCUT2D eigenvalue weighted by atomic mass is 10.1. The zero-order valence-corrected chi connectivity index (χ0v) is 28.9. The van der Waals surface area contributed by atoms with Crippen molar-refractivity contribution in [2.75, 3.05) is 20.7 Å². The van der Waals surface area contributed by atoms with Gasteiger partial charge >= 0.3 is 6.03 Å². The molecule has 0 saturated heterocycles. The summed E-state index contributed by atoms with van der Waals surface area (Å²) in [6, 6.07) is 15.7. The van der Waals surface area contributed by atoms with E-state index < -0.39 is 6.93 Å². The SMILES string of the molecule is C=C(/C=C\C=C(C)C)NC(=O)NCc1ccc(-c2cnc3cc(C)ccn23)cc1.CC.COc1ccc(C)cn1.CP.FCF. The Kier molecular flexibility index (Phi) is 21.7. The van der Waals surface area contributed by atoms with E-state index in [4.69, 9.17) is 4.74 Å². The van der Waals surface area contributed by atoms with E-state index >= 15 is 0 Å². The van der Waals surface area contributed by atoms with Gasteiger partial charge in [0, 0.05) is 36.3 Å². The van der Waals surface area contributed by atoms with Crippen molar-refractivity contribution in [3.05, 3.63) is 120 Å². The first-order valence-electron chi connectivity index (χ1n) is 14.4. The molecule has 0 radical (unpaired) electrons. The molecular formula is C35H48F2N5O2P. The molecule has 0 aliphatic carbocycles. The number of hydrogen-bond acceptors (Lipinski definition) is 4. The standard InChI is InChI=1S/C24H26N4O.C7H9NO.C2H6.CH2F2.CH5P/c1-17(2)6-5-7-19(4)27-24(29)26-15-20-8-10-21(11-9-20)22-16-25-23-14-18(3)12-13-28(22)23;1-6-3-4-7(9-2)8-5-6;1-2;2-1-3;1-2/h5-14,16H,4,15H2,1-3H3,(H2,26,27,29);3-5H,1-2H3;1-2H3;1H2;2H2,1H3/b7-5-;;;;. The number of rotatable bonds is 7. The van der Waals surface area contributed by atoms with Crippen LogP contribution >= 0.6 is 9.24 Å². The Labute approximate surface area is 269 Å². The fourth-order valence-corrected chi connectivity index (χ4v) is 3.44. The molecule has 0 fully saturated rings. The van der Waals surface area contributed by atoms with Crippen LogP contribution in [0.15, 0.2) is 103 Å². The van der Waals surface area contributed by atoms with Gasteiger partial charge in [0.15, 0.2) is 0 Å². The lowest BCUT2D eigenvalue weighted by Gasteiger charge is -2.08. The number of urea groups is 1. The molecule has 0 bridgehead atoms. The van der Waals surface area contributed by atoms with Crippen LogP contribution in [-0.4, -0.2) is 41.1 Å². The number of carbonyl (C=O) groups is 1. The molecule has 244 valence electrons. The minimum absolute atomic E-state index is 0.280. The predicted octanol–water partition coefficient (Wildman–Crippen LogP) is 8.94. The summed E-state index contributed by atoms with van der Waals surface area (Å²) < 4.78 is 26.2. The van der Waals surface area contributed by atoms with E-state index in [1.165, 1.54) is 11.1 Å². The van der Waals surface area contributed by atoms with E-state index in [0.717, 1.165) is 28.0 Å². The highest BCUT2D eigenvalue weighted by Crippen LogP contribution is 2.21. The topological polar surface area (TPSA) is 80.6 Å². The van der Waals surface area contributed by atoms with Crippen LogP contribution in [-0.2, 0) is 6.54 Å². The Bertz CT molecular complexity index is 1460. The van der Waals surface area contributed by atoms with Gasteiger partial charge in [0.2, 0.25) is 12.8 Å². The van der Waals surface area contributed by atoms with Crippen LogP contribution < -0.4 is 15.4 Å². The molecule has 0 spiro atoms. The summed E-state index contributed by atoms with van der Waals surface area (Å²) in [7, 11) is 4.03. The fraction of sp³-hybridized carbons (Fsp3) is 0.286. The van der Waals surface area contributed by atoms with E-state index in [9.17, 15) is 13.6 Å². The molecule has 1 aromatic carbocycles. The van der Waals surface area contributed by atoms with Crippen molar-refractivity contribution in [3.63, 3.8) is 0 Å². The maximum absolute atomic E-state index is 12.0. The number of benzene rings is 1. The number of fused-ring (bicyclic) bond motifs is 1. The fourth-order valence-electron chi connectivity index (χ4n) is 3.44. The van der Waals surface area contributed by atoms with E-state index in [2.05, 4.69) is 59.9 Å². The van der Waals surface area contributed by atoms with Gasteiger partial charge in [0.25, 0.3) is 0 Å². The van der Waals surface area contributed by atoms with Gasteiger partial charge in [-0.1, -0.05) is 75.1 Å². The van der Waals surface area contributed by atoms with Gasteiger partial charge in [-0.3, -0.25) is 4.40 Å². The van der Waals surface area contributed by atoms with Crippen molar-refractivity contribution in [1.82, 2.24) is 25.0 Å². The first kappa shape index (κ1) is 40.6.